The van der Waals surface area contributed by atoms with Crippen molar-refractivity contribution in [1.82, 2.24) is 20.0 Å². The van der Waals surface area contributed by atoms with Crippen LogP contribution in [0, 0.1) is 0 Å². The average molecular weight is 347 g/mol. The number of fused-ring (bicyclic) bond motifs is 1. The van der Waals surface area contributed by atoms with Crippen molar-refractivity contribution < 1.29 is 5.11 Å². The molecule has 0 aliphatic rings. The van der Waals surface area contributed by atoms with Gasteiger partial charge < -0.3 is 15.0 Å². The molecule has 130 valence electrons. The Morgan fingerprint density at radius 2 is 1.81 bits per heavy atom. The fourth-order valence-electron chi connectivity index (χ4n) is 2.94. The lowest BCUT2D eigenvalue weighted by Crippen LogP contribution is -2.15. The predicted molar refractivity (Wildman–Crippen MR) is 101 cm³/mol. The number of hydrogen-bond acceptors (Lipinski definition) is 5. The molecule has 4 aromatic rings. The number of aromatic amines is 1. The first kappa shape index (κ1) is 15.9. The Kier molecular flexibility index (Phi) is 3.69. The Labute approximate surface area is 149 Å². The normalized spacial score (nSPS) is 11.0. The van der Waals surface area contributed by atoms with Crippen LogP contribution in [0.4, 0.5) is 5.69 Å². The van der Waals surface area contributed by atoms with Crippen LogP contribution in [0.1, 0.15) is 0 Å². The van der Waals surface area contributed by atoms with Gasteiger partial charge in [0.15, 0.2) is 11.4 Å². The van der Waals surface area contributed by atoms with E-state index in [1.807, 2.05) is 55.4 Å². The first-order valence-electron chi connectivity index (χ1n) is 8.08. The van der Waals surface area contributed by atoms with Crippen molar-refractivity contribution in [3.8, 4) is 22.6 Å². The van der Waals surface area contributed by atoms with Crippen LogP contribution in [0.5, 0.6) is 5.75 Å². The number of benzene rings is 2. The minimum atomic E-state index is -0.430. The lowest BCUT2D eigenvalue weighted by molar-refractivity contribution is 0.474. The minimum Gasteiger partial charge on any atom is -0.505 e. The molecular weight excluding hydrogens is 330 g/mol. The van der Waals surface area contributed by atoms with Gasteiger partial charge in [-0.3, -0.25) is 4.79 Å². The van der Waals surface area contributed by atoms with Crippen LogP contribution in [-0.2, 0) is 0 Å². The maximum absolute atomic E-state index is 12.4. The van der Waals surface area contributed by atoms with Crippen LogP contribution >= 0.6 is 0 Å². The maximum Gasteiger partial charge on any atom is 0.278 e. The lowest BCUT2D eigenvalue weighted by atomic mass is 10.0. The largest absolute Gasteiger partial charge is 0.505 e. The van der Waals surface area contributed by atoms with E-state index in [1.54, 1.807) is 6.07 Å². The van der Waals surface area contributed by atoms with E-state index < -0.39 is 5.56 Å². The number of aromatic hydroxyl groups is 1. The molecule has 0 aliphatic heterocycles. The number of hydrogen-bond donors (Lipinski definition) is 2. The van der Waals surface area contributed by atoms with Crippen molar-refractivity contribution in [3.63, 3.8) is 0 Å². The summed E-state index contributed by atoms with van der Waals surface area (Å²) in [5.74, 6) is -0.122. The third kappa shape index (κ3) is 2.59. The smallest absolute Gasteiger partial charge is 0.278 e. The van der Waals surface area contributed by atoms with Crippen molar-refractivity contribution in [2.24, 2.45) is 0 Å². The van der Waals surface area contributed by atoms with Gasteiger partial charge in [-0.15, -0.1) is 5.10 Å². The highest BCUT2D eigenvalue weighted by atomic mass is 16.3. The molecule has 0 aliphatic carbocycles. The maximum atomic E-state index is 12.4. The quantitative estimate of drug-likeness (QED) is 0.595. The molecule has 2 N–H and O–H groups in total. The molecule has 7 nitrogen and oxygen atoms in total. The van der Waals surface area contributed by atoms with Crippen molar-refractivity contribution >= 4 is 16.6 Å². The number of rotatable bonds is 3. The SMILES string of the molecule is CN(C)c1ccc(-c2ccc3c(O)c(-n4ccnn4)c(=O)[nH]c3c2)cc1. The van der Waals surface area contributed by atoms with Crippen LogP contribution in [0.25, 0.3) is 27.7 Å². The molecule has 26 heavy (non-hydrogen) atoms. The fourth-order valence-corrected chi connectivity index (χ4v) is 2.94. The van der Waals surface area contributed by atoms with E-state index in [2.05, 4.69) is 15.3 Å². The van der Waals surface area contributed by atoms with Gasteiger partial charge >= 0.3 is 0 Å². The molecular formula is C19H17N5O2. The molecule has 0 unspecified atom stereocenters. The molecule has 4 rings (SSSR count). The zero-order valence-electron chi connectivity index (χ0n) is 14.3. The summed E-state index contributed by atoms with van der Waals surface area (Å²) in [6, 6.07) is 13.7. The minimum absolute atomic E-state index is 0.0538. The van der Waals surface area contributed by atoms with Gasteiger partial charge in [0.1, 0.15) is 0 Å². The summed E-state index contributed by atoms with van der Waals surface area (Å²) >= 11 is 0. The summed E-state index contributed by atoms with van der Waals surface area (Å²) in [5, 5.41) is 18.6. The van der Waals surface area contributed by atoms with Crippen LogP contribution < -0.4 is 10.5 Å². The number of nitrogens with one attached hydrogen (secondary N) is 1. The third-order valence-electron chi connectivity index (χ3n) is 4.33. The fraction of sp³-hybridized carbons (Fsp3) is 0.105. The van der Waals surface area contributed by atoms with E-state index in [0.717, 1.165) is 16.8 Å². The molecule has 7 heteroatoms. The Morgan fingerprint density at radius 1 is 1.08 bits per heavy atom. The molecule has 0 saturated carbocycles. The molecule has 0 spiro atoms. The third-order valence-corrected chi connectivity index (χ3v) is 4.33. The van der Waals surface area contributed by atoms with Gasteiger partial charge in [0.05, 0.1) is 17.9 Å². The first-order valence-corrected chi connectivity index (χ1v) is 8.08. The van der Waals surface area contributed by atoms with E-state index in [9.17, 15) is 9.90 Å². The van der Waals surface area contributed by atoms with E-state index in [4.69, 9.17) is 0 Å². The zero-order chi connectivity index (χ0) is 18.3. The molecule has 0 amide bonds. The standard InChI is InChI=1S/C19H17N5O2/c1-23(2)14-6-3-12(4-7-14)13-5-8-15-16(11-13)21-19(26)17(18(15)25)24-10-9-20-22-24/h3-11H,1-2H3,(H2,21,25,26). The van der Waals surface area contributed by atoms with Crippen LogP contribution in [-0.4, -0.2) is 39.2 Å². The zero-order valence-corrected chi connectivity index (χ0v) is 14.3. The number of nitrogens with zero attached hydrogens (tertiary/aromatic N) is 4. The van der Waals surface area contributed by atoms with Gasteiger partial charge in [0.25, 0.3) is 5.56 Å². The molecule has 0 fully saturated rings. The average Bonchev–Trinajstić information content (AvgIpc) is 3.15. The van der Waals surface area contributed by atoms with Crippen molar-refractivity contribution in [3.05, 3.63) is 65.2 Å². The predicted octanol–water partition coefficient (Wildman–Crippen LogP) is 2.55. The summed E-state index contributed by atoms with van der Waals surface area (Å²) in [6.45, 7) is 0. The summed E-state index contributed by atoms with van der Waals surface area (Å²) in [4.78, 5) is 17.3. The second kappa shape index (κ2) is 6.03. The van der Waals surface area contributed by atoms with Crippen molar-refractivity contribution in [1.29, 1.82) is 0 Å². The molecule has 0 radical (unpaired) electrons. The number of anilines is 1. The van der Waals surface area contributed by atoms with Crippen molar-refractivity contribution in [2.45, 2.75) is 0 Å². The first-order chi connectivity index (χ1) is 12.5. The summed E-state index contributed by atoms with van der Waals surface area (Å²) in [6.07, 6.45) is 2.96. The Morgan fingerprint density at radius 3 is 2.46 bits per heavy atom. The molecule has 2 aromatic carbocycles. The van der Waals surface area contributed by atoms with Crippen LogP contribution in [0.3, 0.4) is 0 Å². The highest BCUT2D eigenvalue weighted by Gasteiger charge is 2.15. The van der Waals surface area contributed by atoms with Crippen molar-refractivity contribution in [2.75, 3.05) is 19.0 Å². The monoisotopic (exact) mass is 347 g/mol. The molecule has 2 aromatic heterocycles. The molecule has 2 heterocycles. The number of pyridine rings is 1. The highest BCUT2D eigenvalue weighted by Crippen LogP contribution is 2.31. The lowest BCUT2D eigenvalue weighted by Gasteiger charge is -2.13. The second-order valence-electron chi connectivity index (χ2n) is 6.20. The molecule has 0 saturated heterocycles. The van der Waals surface area contributed by atoms with Gasteiger partial charge in [-0.2, -0.15) is 0 Å². The number of H-pyrrole nitrogens is 1. The molecule has 0 atom stereocenters. The number of aromatic nitrogens is 4. The second-order valence-corrected chi connectivity index (χ2v) is 6.20. The van der Waals surface area contributed by atoms with Gasteiger partial charge in [-0.1, -0.05) is 23.4 Å². The van der Waals surface area contributed by atoms with Gasteiger partial charge in [-0.25, -0.2) is 4.68 Å². The summed E-state index contributed by atoms with van der Waals surface area (Å²) < 4.78 is 1.25. The Bertz CT molecular complexity index is 1130. The van der Waals surface area contributed by atoms with Gasteiger partial charge in [0.2, 0.25) is 0 Å². The Balaban J connectivity index is 1.83. The van der Waals surface area contributed by atoms with E-state index in [1.165, 1.54) is 17.1 Å². The topological polar surface area (TPSA) is 87.0 Å². The van der Waals surface area contributed by atoms with E-state index in [-0.39, 0.29) is 11.4 Å². The molecule has 0 bridgehead atoms. The highest BCUT2D eigenvalue weighted by molar-refractivity contribution is 5.91. The van der Waals surface area contributed by atoms with E-state index >= 15 is 0 Å². The van der Waals surface area contributed by atoms with Gasteiger partial charge in [0, 0.05) is 25.2 Å². The van der Waals surface area contributed by atoms with Gasteiger partial charge in [-0.05, 0) is 35.4 Å². The van der Waals surface area contributed by atoms with Crippen LogP contribution in [0.2, 0.25) is 0 Å². The van der Waals surface area contributed by atoms with Crippen LogP contribution in [0.15, 0.2) is 59.7 Å². The summed E-state index contributed by atoms with van der Waals surface area (Å²) in [7, 11) is 3.98. The summed E-state index contributed by atoms with van der Waals surface area (Å²) in [5.41, 5.74) is 3.27. The Hall–Kier alpha value is -3.61. The van der Waals surface area contributed by atoms with E-state index in [0.29, 0.717) is 10.9 Å².